The van der Waals surface area contributed by atoms with E-state index in [0.717, 1.165) is 38.6 Å². The fraction of sp³-hybridized carbons (Fsp3) is 0.727. The number of hydrogen-bond donors (Lipinski definition) is 1. The number of carbonyl (C=O) groups excluding carboxylic acids is 2. The highest BCUT2D eigenvalue weighted by atomic mass is 16.2. The van der Waals surface area contributed by atoms with Crippen molar-refractivity contribution in [1.82, 2.24) is 19.8 Å². The number of carbonyl (C=O) groups is 2. The molecular weight excluding hydrogens is 368 g/mol. The Balaban J connectivity index is 1.56. The number of amides is 2. The van der Waals surface area contributed by atoms with Gasteiger partial charge in [-0.15, -0.1) is 0 Å². The fourth-order valence-electron chi connectivity index (χ4n) is 5.16. The van der Waals surface area contributed by atoms with Gasteiger partial charge < -0.3 is 14.8 Å². The van der Waals surface area contributed by atoms with Crippen molar-refractivity contribution < 1.29 is 9.59 Å². The summed E-state index contributed by atoms with van der Waals surface area (Å²) in [6.07, 6.45) is 10.1. The van der Waals surface area contributed by atoms with Crippen molar-refractivity contribution in [2.24, 2.45) is 5.92 Å². The largest absolute Gasteiger partial charge is 0.337 e. The van der Waals surface area contributed by atoms with Crippen LogP contribution in [0.3, 0.4) is 0 Å². The van der Waals surface area contributed by atoms with Crippen LogP contribution in [0.5, 0.6) is 0 Å². The number of rotatable bonds is 3. The van der Waals surface area contributed by atoms with Gasteiger partial charge in [0.25, 0.3) is 5.56 Å². The van der Waals surface area contributed by atoms with E-state index in [0.29, 0.717) is 48.9 Å². The van der Waals surface area contributed by atoms with E-state index in [9.17, 15) is 14.4 Å². The van der Waals surface area contributed by atoms with Crippen molar-refractivity contribution in [3.8, 4) is 0 Å². The van der Waals surface area contributed by atoms with Crippen LogP contribution in [0.25, 0.3) is 0 Å². The summed E-state index contributed by atoms with van der Waals surface area (Å²) in [6.45, 7) is 3.22. The van der Waals surface area contributed by atoms with E-state index in [2.05, 4.69) is 4.98 Å². The Labute approximate surface area is 171 Å². The van der Waals surface area contributed by atoms with Gasteiger partial charge in [0.15, 0.2) is 0 Å². The van der Waals surface area contributed by atoms with Crippen LogP contribution in [-0.2, 0) is 22.6 Å². The van der Waals surface area contributed by atoms with Crippen LogP contribution in [-0.4, -0.2) is 44.7 Å². The van der Waals surface area contributed by atoms with E-state index in [1.807, 2.05) is 4.90 Å². The van der Waals surface area contributed by atoms with Crippen molar-refractivity contribution in [3.05, 3.63) is 27.4 Å². The van der Waals surface area contributed by atoms with Crippen molar-refractivity contribution in [2.45, 2.75) is 83.7 Å². The van der Waals surface area contributed by atoms with E-state index in [1.54, 1.807) is 11.8 Å². The van der Waals surface area contributed by atoms with Crippen LogP contribution in [0.1, 0.15) is 87.8 Å². The van der Waals surface area contributed by atoms with Gasteiger partial charge in [-0.2, -0.15) is 0 Å². The molecule has 1 aliphatic carbocycles. The smallest absolute Gasteiger partial charge is 0.254 e. The standard InChI is InChI=1S/C22H32N4O3/c1-15(27)25-12-10-17-18(14-25)23-21(24-22(17)29)19-9-5-6-11-26(19)20(28)13-16-7-3-2-4-8-16/h16,19H,2-14H2,1H3,(H,23,24,29)/t19-/m1/s1. The minimum absolute atomic E-state index is 0.00114. The Bertz CT molecular complexity index is 828. The van der Waals surface area contributed by atoms with Crippen molar-refractivity contribution in [3.63, 3.8) is 0 Å². The SMILES string of the molecule is CC(=O)N1CCc2c(nc([C@H]3CCCCN3C(=O)CC3CCCCC3)[nH]c2=O)C1. The molecule has 0 unspecified atom stereocenters. The number of nitrogens with zero attached hydrogens (tertiary/aromatic N) is 3. The van der Waals surface area contributed by atoms with Crippen molar-refractivity contribution in [1.29, 1.82) is 0 Å². The highest BCUT2D eigenvalue weighted by Crippen LogP contribution is 2.33. The lowest BCUT2D eigenvalue weighted by molar-refractivity contribution is -0.136. The van der Waals surface area contributed by atoms with Crippen LogP contribution < -0.4 is 5.56 Å². The Hall–Kier alpha value is -2.18. The van der Waals surface area contributed by atoms with Gasteiger partial charge in [0.05, 0.1) is 18.3 Å². The van der Waals surface area contributed by atoms with Gasteiger partial charge in [-0.25, -0.2) is 4.98 Å². The molecule has 2 aliphatic heterocycles. The maximum Gasteiger partial charge on any atom is 0.254 e. The third-order valence-electron chi connectivity index (χ3n) is 6.86. The molecule has 7 nitrogen and oxygen atoms in total. The summed E-state index contributed by atoms with van der Waals surface area (Å²) in [4.78, 5) is 49.0. The predicted octanol–water partition coefficient (Wildman–Crippen LogP) is 2.70. The number of H-pyrrole nitrogens is 1. The van der Waals surface area contributed by atoms with E-state index in [-0.39, 0.29) is 23.4 Å². The summed E-state index contributed by atoms with van der Waals surface area (Å²) < 4.78 is 0. The number of nitrogens with one attached hydrogen (secondary N) is 1. The zero-order valence-corrected chi connectivity index (χ0v) is 17.4. The third kappa shape index (κ3) is 4.38. The molecule has 3 aliphatic rings. The molecule has 1 saturated heterocycles. The van der Waals surface area contributed by atoms with Crippen LogP contribution in [0, 0.1) is 5.92 Å². The topological polar surface area (TPSA) is 86.4 Å². The lowest BCUT2D eigenvalue weighted by atomic mass is 9.86. The molecule has 2 fully saturated rings. The minimum atomic E-state index is -0.162. The van der Waals surface area contributed by atoms with E-state index in [1.165, 1.54) is 19.3 Å². The fourth-order valence-corrected chi connectivity index (χ4v) is 5.16. The average molecular weight is 401 g/mol. The summed E-state index contributed by atoms with van der Waals surface area (Å²) >= 11 is 0. The molecular formula is C22H32N4O3. The lowest BCUT2D eigenvalue weighted by Crippen LogP contribution is -2.42. The normalized spacial score (nSPS) is 23.0. The molecule has 7 heteroatoms. The van der Waals surface area contributed by atoms with Crippen molar-refractivity contribution >= 4 is 11.8 Å². The quantitative estimate of drug-likeness (QED) is 0.845. The Morgan fingerprint density at radius 1 is 1.07 bits per heavy atom. The van der Waals surface area contributed by atoms with Gasteiger partial charge in [-0.05, 0) is 44.4 Å². The molecule has 4 rings (SSSR count). The molecule has 2 amide bonds. The van der Waals surface area contributed by atoms with Gasteiger partial charge in [0.2, 0.25) is 11.8 Å². The highest BCUT2D eigenvalue weighted by Gasteiger charge is 2.32. The van der Waals surface area contributed by atoms with E-state index < -0.39 is 0 Å². The second-order valence-corrected chi connectivity index (χ2v) is 8.87. The number of aromatic amines is 1. The average Bonchev–Trinajstić information content (AvgIpc) is 2.74. The molecule has 1 atom stereocenters. The van der Waals surface area contributed by atoms with E-state index in [4.69, 9.17) is 4.98 Å². The van der Waals surface area contributed by atoms with Crippen LogP contribution >= 0.6 is 0 Å². The van der Waals surface area contributed by atoms with Gasteiger partial charge in [-0.1, -0.05) is 19.3 Å². The van der Waals surface area contributed by atoms with Gasteiger partial charge >= 0.3 is 0 Å². The van der Waals surface area contributed by atoms with Crippen LogP contribution in [0.2, 0.25) is 0 Å². The zero-order valence-electron chi connectivity index (χ0n) is 17.4. The molecule has 0 aromatic carbocycles. The van der Waals surface area contributed by atoms with Gasteiger partial charge in [-0.3, -0.25) is 14.4 Å². The lowest BCUT2D eigenvalue weighted by Gasteiger charge is -2.37. The Morgan fingerprint density at radius 2 is 1.83 bits per heavy atom. The second kappa shape index (κ2) is 8.67. The first-order chi connectivity index (χ1) is 14.0. The molecule has 0 bridgehead atoms. The first-order valence-electron chi connectivity index (χ1n) is 11.2. The maximum absolute atomic E-state index is 13.1. The summed E-state index contributed by atoms with van der Waals surface area (Å²) in [6, 6.07) is -0.162. The molecule has 29 heavy (non-hydrogen) atoms. The Kier molecular flexibility index (Phi) is 6.01. The summed E-state index contributed by atoms with van der Waals surface area (Å²) in [7, 11) is 0. The molecule has 3 heterocycles. The van der Waals surface area contributed by atoms with Gasteiger partial charge in [0.1, 0.15) is 5.82 Å². The first-order valence-corrected chi connectivity index (χ1v) is 11.2. The summed E-state index contributed by atoms with van der Waals surface area (Å²) in [5.74, 6) is 1.29. The molecule has 1 saturated carbocycles. The third-order valence-corrected chi connectivity index (χ3v) is 6.86. The molecule has 1 N–H and O–H groups in total. The zero-order chi connectivity index (χ0) is 20.4. The van der Waals surface area contributed by atoms with Crippen LogP contribution in [0.15, 0.2) is 4.79 Å². The highest BCUT2D eigenvalue weighted by molar-refractivity contribution is 5.77. The molecule has 158 valence electrons. The summed E-state index contributed by atoms with van der Waals surface area (Å²) in [5, 5.41) is 0. The Morgan fingerprint density at radius 3 is 2.59 bits per heavy atom. The number of piperidine rings is 1. The maximum atomic E-state index is 13.1. The molecule has 1 aromatic rings. The van der Waals surface area contributed by atoms with Crippen LogP contribution in [0.4, 0.5) is 0 Å². The number of likely N-dealkylation sites (tertiary alicyclic amines) is 1. The summed E-state index contributed by atoms with van der Waals surface area (Å²) in [5.41, 5.74) is 1.26. The second-order valence-electron chi connectivity index (χ2n) is 8.87. The molecule has 0 radical (unpaired) electrons. The monoisotopic (exact) mass is 400 g/mol. The number of hydrogen-bond acceptors (Lipinski definition) is 4. The number of aromatic nitrogens is 2. The predicted molar refractivity (Wildman–Crippen MR) is 109 cm³/mol. The molecule has 0 spiro atoms. The van der Waals surface area contributed by atoms with E-state index >= 15 is 0 Å². The number of fused-ring (bicyclic) bond motifs is 1. The van der Waals surface area contributed by atoms with Crippen molar-refractivity contribution in [2.75, 3.05) is 13.1 Å². The minimum Gasteiger partial charge on any atom is -0.337 e. The molecule has 1 aromatic heterocycles. The first kappa shape index (κ1) is 20.1. The van der Waals surface area contributed by atoms with Gasteiger partial charge in [0, 0.05) is 32.0 Å².